The number of carbonyl (C=O) groups excluding carboxylic acids is 1. The summed E-state index contributed by atoms with van der Waals surface area (Å²) in [5, 5.41) is 0. The maximum Gasteiger partial charge on any atom is 0.234 e. The molecule has 6 heteroatoms. The first-order valence-corrected chi connectivity index (χ1v) is 7.81. The molecule has 0 amide bonds. The van der Waals surface area contributed by atoms with Gasteiger partial charge in [-0.05, 0) is 37.1 Å². The second-order valence-electron chi connectivity index (χ2n) is 4.63. The summed E-state index contributed by atoms with van der Waals surface area (Å²) < 4.78 is 30.5. The van der Waals surface area contributed by atoms with Crippen LogP contribution in [0.4, 0.5) is 5.69 Å². The number of methoxy groups -OCH3 is 1. The lowest BCUT2D eigenvalue weighted by molar-refractivity contribution is 0.0967. The Kier molecular flexibility index (Phi) is 4.21. The molecule has 0 aromatic heterocycles. The largest absolute Gasteiger partial charge is 0.384 e. The molecule has 1 saturated carbocycles. The van der Waals surface area contributed by atoms with E-state index in [-0.39, 0.29) is 24.1 Å². The third-order valence-electron chi connectivity index (χ3n) is 2.95. The first kappa shape index (κ1) is 14.0. The SMILES string of the molecule is COCCS(=O)(=O)Nc1ccc(C(=O)C2CC2)cc1. The Balaban J connectivity index is 2.00. The maximum absolute atomic E-state index is 11.8. The van der Waals surface area contributed by atoms with Crippen LogP contribution in [0.15, 0.2) is 24.3 Å². The number of sulfonamides is 1. The lowest BCUT2D eigenvalue weighted by Gasteiger charge is -2.08. The average Bonchev–Trinajstić information content (AvgIpc) is 3.20. The molecule has 0 spiro atoms. The third-order valence-corrected chi connectivity index (χ3v) is 4.20. The zero-order valence-electron chi connectivity index (χ0n) is 10.8. The van der Waals surface area contributed by atoms with E-state index < -0.39 is 10.0 Å². The first-order chi connectivity index (χ1) is 9.02. The van der Waals surface area contributed by atoms with E-state index in [1.165, 1.54) is 7.11 Å². The van der Waals surface area contributed by atoms with Gasteiger partial charge in [0.2, 0.25) is 10.0 Å². The number of Topliss-reactive ketones (excluding diaryl/α,β-unsaturated/α-hetero) is 1. The van der Waals surface area contributed by atoms with E-state index in [4.69, 9.17) is 4.74 Å². The highest BCUT2D eigenvalue weighted by molar-refractivity contribution is 7.92. The summed E-state index contributed by atoms with van der Waals surface area (Å²) in [6, 6.07) is 6.55. The van der Waals surface area contributed by atoms with Gasteiger partial charge in [0.25, 0.3) is 0 Å². The highest BCUT2D eigenvalue weighted by atomic mass is 32.2. The number of carbonyl (C=O) groups is 1. The van der Waals surface area contributed by atoms with Gasteiger partial charge in [-0.2, -0.15) is 0 Å². The summed E-state index contributed by atoms with van der Waals surface area (Å²) in [5.74, 6) is 0.227. The van der Waals surface area contributed by atoms with Crippen molar-refractivity contribution in [3.05, 3.63) is 29.8 Å². The highest BCUT2D eigenvalue weighted by Gasteiger charge is 2.30. The fourth-order valence-electron chi connectivity index (χ4n) is 1.71. The highest BCUT2D eigenvalue weighted by Crippen LogP contribution is 2.32. The molecule has 19 heavy (non-hydrogen) atoms. The second-order valence-corrected chi connectivity index (χ2v) is 6.47. The fourth-order valence-corrected chi connectivity index (χ4v) is 2.69. The monoisotopic (exact) mass is 283 g/mol. The lowest BCUT2D eigenvalue weighted by Crippen LogP contribution is -2.19. The molecule has 5 nitrogen and oxygen atoms in total. The summed E-state index contributed by atoms with van der Waals surface area (Å²) in [6.07, 6.45) is 1.93. The molecule has 104 valence electrons. The van der Waals surface area contributed by atoms with Crippen molar-refractivity contribution in [1.29, 1.82) is 0 Å². The van der Waals surface area contributed by atoms with Crippen molar-refractivity contribution >= 4 is 21.5 Å². The first-order valence-electron chi connectivity index (χ1n) is 6.15. The van der Waals surface area contributed by atoms with E-state index in [1.54, 1.807) is 24.3 Å². The third kappa shape index (κ3) is 4.04. The summed E-state index contributed by atoms with van der Waals surface area (Å²) >= 11 is 0. The fraction of sp³-hybridized carbons (Fsp3) is 0.462. The van der Waals surface area contributed by atoms with Crippen molar-refractivity contribution in [3.8, 4) is 0 Å². The molecule has 1 aromatic carbocycles. The number of rotatable bonds is 7. The number of benzene rings is 1. The van der Waals surface area contributed by atoms with Gasteiger partial charge >= 0.3 is 0 Å². The molecule has 0 heterocycles. The van der Waals surface area contributed by atoms with Gasteiger partial charge in [-0.15, -0.1) is 0 Å². The van der Waals surface area contributed by atoms with Crippen molar-refractivity contribution in [1.82, 2.24) is 0 Å². The molecule has 1 aromatic rings. The van der Waals surface area contributed by atoms with E-state index in [0.29, 0.717) is 11.3 Å². The van der Waals surface area contributed by atoms with Crippen LogP contribution in [-0.4, -0.2) is 33.7 Å². The zero-order chi connectivity index (χ0) is 13.9. The van der Waals surface area contributed by atoms with E-state index in [2.05, 4.69) is 4.72 Å². The number of hydrogen-bond acceptors (Lipinski definition) is 4. The molecule has 1 fully saturated rings. The maximum atomic E-state index is 11.8. The van der Waals surface area contributed by atoms with Gasteiger partial charge in [0.05, 0.1) is 12.4 Å². The predicted octanol–water partition coefficient (Wildman–Crippen LogP) is 1.67. The van der Waals surface area contributed by atoms with E-state index in [1.807, 2.05) is 0 Å². The minimum Gasteiger partial charge on any atom is -0.384 e. The Labute approximate surface area is 113 Å². The van der Waals surface area contributed by atoms with Gasteiger partial charge in [-0.25, -0.2) is 8.42 Å². The summed E-state index contributed by atoms with van der Waals surface area (Å²) in [6.45, 7) is 0.146. The van der Waals surface area contributed by atoms with Gasteiger partial charge in [-0.1, -0.05) is 0 Å². The molecule has 0 bridgehead atoms. The number of anilines is 1. The molecule has 1 N–H and O–H groups in total. The number of ether oxygens (including phenoxy) is 1. The van der Waals surface area contributed by atoms with E-state index in [0.717, 1.165) is 12.8 Å². The predicted molar refractivity (Wildman–Crippen MR) is 72.8 cm³/mol. The Bertz CT molecular complexity index is 547. The Morgan fingerprint density at radius 3 is 2.47 bits per heavy atom. The molecular formula is C13H17NO4S. The molecular weight excluding hydrogens is 266 g/mol. The van der Waals surface area contributed by atoms with Crippen molar-refractivity contribution in [2.45, 2.75) is 12.8 Å². The van der Waals surface area contributed by atoms with E-state index >= 15 is 0 Å². The molecule has 0 aliphatic heterocycles. The van der Waals surface area contributed by atoms with Crippen LogP contribution in [0.2, 0.25) is 0 Å². The molecule has 1 aliphatic rings. The molecule has 0 atom stereocenters. The van der Waals surface area contributed by atoms with Gasteiger partial charge in [0.1, 0.15) is 0 Å². The van der Waals surface area contributed by atoms with Crippen LogP contribution < -0.4 is 4.72 Å². The van der Waals surface area contributed by atoms with E-state index in [9.17, 15) is 13.2 Å². The van der Waals surface area contributed by atoms with Crippen molar-refractivity contribution < 1.29 is 17.9 Å². The van der Waals surface area contributed by atoms with Crippen molar-refractivity contribution in [3.63, 3.8) is 0 Å². The standard InChI is InChI=1S/C13H17NO4S/c1-18-8-9-19(16,17)14-12-6-4-11(5-7-12)13(15)10-2-3-10/h4-7,10,14H,2-3,8-9H2,1H3. The molecule has 0 radical (unpaired) electrons. The quantitative estimate of drug-likeness (QED) is 0.773. The number of hydrogen-bond donors (Lipinski definition) is 1. The molecule has 1 aliphatic carbocycles. The van der Waals surface area contributed by atoms with Crippen molar-refractivity contribution in [2.24, 2.45) is 5.92 Å². The van der Waals surface area contributed by atoms with Gasteiger partial charge in [-0.3, -0.25) is 9.52 Å². The second kappa shape index (κ2) is 5.71. The Morgan fingerprint density at radius 1 is 1.32 bits per heavy atom. The molecule has 2 rings (SSSR count). The van der Waals surface area contributed by atoms with Gasteiger partial charge < -0.3 is 4.74 Å². The number of ketones is 1. The minimum atomic E-state index is -3.39. The van der Waals surface area contributed by atoms with Crippen LogP contribution in [0, 0.1) is 5.92 Å². The van der Waals surface area contributed by atoms with Gasteiger partial charge in [0, 0.05) is 24.3 Å². The topological polar surface area (TPSA) is 72.5 Å². The smallest absolute Gasteiger partial charge is 0.234 e. The van der Waals surface area contributed by atoms with Crippen LogP contribution >= 0.6 is 0 Å². The van der Waals surface area contributed by atoms with Crippen LogP contribution in [-0.2, 0) is 14.8 Å². The summed E-state index contributed by atoms with van der Waals surface area (Å²) in [7, 11) is -1.94. The Hall–Kier alpha value is -1.40. The minimum absolute atomic E-state index is 0.0910. The van der Waals surface area contributed by atoms with Crippen LogP contribution in [0.3, 0.4) is 0 Å². The average molecular weight is 283 g/mol. The molecule has 0 unspecified atom stereocenters. The van der Waals surface area contributed by atoms with Crippen LogP contribution in [0.5, 0.6) is 0 Å². The lowest BCUT2D eigenvalue weighted by atomic mass is 10.1. The number of nitrogens with one attached hydrogen (secondary N) is 1. The normalized spacial score (nSPS) is 15.2. The molecule has 0 saturated heterocycles. The van der Waals surface area contributed by atoms with Crippen LogP contribution in [0.25, 0.3) is 0 Å². The van der Waals surface area contributed by atoms with Crippen molar-refractivity contribution in [2.75, 3.05) is 24.2 Å². The van der Waals surface area contributed by atoms with Gasteiger partial charge in [0.15, 0.2) is 5.78 Å². The Morgan fingerprint density at radius 2 is 1.95 bits per heavy atom. The zero-order valence-corrected chi connectivity index (χ0v) is 11.6. The summed E-state index contributed by atoms with van der Waals surface area (Å²) in [5.41, 5.74) is 1.10. The van der Waals surface area contributed by atoms with Crippen LogP contribution in [0.1, 0.15) is 23.2 Å². The summed E-state index contributed by atoms with van der Waals surface area (Å²) in [4.78, 5) is 11.8.